The molecule has 2 saturated heterocycles. The molecular formula is C22H28N8O10. The third-order valence-electron chi connectivity index (χ3n) is 6.86. The number of imidazole rings is 2. The first-order valence-electron chi connectivity index (χ1n) is 12.1. The molecule has 3 unspecified atom stereocenters. The smallest absolute Gasteiger partial charge is 0.278 e. The van der Waals surface area contributed by atoms with Crippen molar-refractivity contribution in [2.75, 3.05) is 20.3 Å². The van der Waals surface area contributed by atoms with Gasteiger partial charge in [-0.25, -0.2) is 19.9 Å². The summed E-state index contributed by atoms with van der Waals surface area (Å²) in [4.78, 5) is 41.9. The molecule has 8 N–H and O–H groups in total. The van der Waals surface area contributed by atoms with E-state index in [0.717, 1.165) is 0 Å². The fraction of sp³-hybridized carbons (Fsp3) is 0.545. The number of Topliss-reactive ketones (excluding diaryl/α,β-unsaturated/α-hetero) is 1. The van der Waals surface area contributed by atoms with E-state index in [1.807, 2.05) is 0 Å². The number of methoxy groups -OCH3 is 1. The Bertz CT molecular complexity index is 1450. The van der Waals surface area contributed by atoms with E-state index in [9.17, 15) is 30.0 Å². The number of H-pyrrole nitrogens is 1. The predicted molar refractivity (Wildman–Crippen MR) is 132 cm³/mol. The molecule has 0 radical (unpaired) electrons. The summed E-state index contributed by atoms with van der Waals surface area (Å²) in [5.74, 6) is -0.160. The van der Waals surface area contributed by atoms with Crippen LogP contribution in [0.25, 0.3) is 11.2 Å². The van der Waals surface area contributed by atoms with Crippen molar-refractivity contribution in [3.8, 4) is 0 Å². The molecule has 216 valence electrons. The first-order valence-corrected chi connectivity index (χ1v) is 12.1. The molecule has 3 aromatic heterocycles. The minimum Gasteiger partial charge on any atom is -0.394 e. The molecule has 0 amide bonds. The molecule has 18 nitrogen and oxygen atoms in total. The van der Waals surface area contributed by atoms with Gasteiger partial charge < -0.3 is 50.5 Å². The van der Waals surface area contributed by atoms with Gasteiger partial charge in [0.05, 0.1) is 32.2 Å². The number of rotatable bonds is 5. The number of hydrogen-bond donors (Lipinski definition) is 7. The summed E-state index contributed by atoms with van der Waals surface area (Å²) < 4.78 is 19.0. The van der Waals surface area contributed by atoms with E-state index in [2.05, 4.69) is 24.9 Å². The van der Waals surface area contributed by atoms with Gasteiger partial charge in [0.1, 0.15) is 42.7 Å². The number of hydrogen-bond acceptors (Lipinski definition) is 15. The fourth-order valence-corrected chi connectivity index (χ4v) is 4.73. The topological polar surface area (TPSA) is 266 Å². The fourth-order valence-electron chi connectivity index (χ4n) is 4.73. The Morgan fingerprint density at radius 1 is 0.975 bits per heavy atom. The van der Waals surface area contributed by atoms with Gasteiger partial charge in [0.2, 0.25) is 5.78 Å². The van der Waals surface area contributed by atoms with Crippen LogP contribution >= 0.6 is 0 Å². The highest BCUT2D eigenvalue weighted by Crippen LogP contribution is 2.35. The van der Waals surface area contributed by atoms with Gasteiger partial charge in [-0.2, -0.15) is 0 Å². The van der Waals surface area contributed by atoms with E-state index >= 15 is 0 Å². The van der Waals surface area contributed by atoms with Gasteiger partial charge in [0, 0.05) is 13.3 Å². The molecule has 9 atom stereocenters. The van der Waals surface area contributed by atoms with Crippen LogP contribution in [0.15, 0.2) is 28.8 Å². The molecule has 18 heteroatoms. The van der Waals surface area contributed by atoms with Crippen LogP contribution < -0.4 is 11.3 Å². The van der Waals surface area contributed by atoms with Crippen LogP contribution in [0, 0.1) is 0 Å². The van der Waals surface area contributed by atoms with Crippen LogP contribution in [0.2, 0.25) is 0 Å². The normalized spacial score (nSPS) is 33.3. The number of fused-ring (bicyclic) bond motifs is 2. The lowest BCUT2D eigenvalue weighted by Gasteiger charge is -2.19. The lowest BCUT2D eigenvalue weighted by molar-refractivity contribution is -0.0583. The third-order valence-corrected chi connectivity index (χ3v) is 6.86. The predicted octanol–water partition coefficient (Wildman–Crippen LogP) is -3.89. The van der Waals surface area contributed by atoms with Gasteiger partial charge >= 0.3 is 0 Å². The summed E-state index contributed by atoms with van der Waals surface area (Å²) in [6.07, 6.45) is -2.27. The number of carbonyl (C=O) groups excluding carboxylic acids is 1. The van der Waals surface area contributed by atoms with Crippen LogP contribution in [0.5, 0.6) is 0 Å². The number of aliphatic hydroxyl groups is 5. The highest BCUT2D eigenvalue weighted by Gasteiger charge is 2.46. The second-order valence-electron chi connectivity index (χ2n) is 9.22. The van der Waals surface area contributed by atoms with E-state index in [-0.39, 0.29) is 35.0 Å². The number of carbonyl (C=O) groups is 1. The van der Waals surface area contributed by atoms with Crippen molar-refractivity contribution in [1.82, 2.24) is 29.1 Å². The molecule has 40 heavy (non-hydrogen) atoms. The molecule has 0 saturated carbocycles. The second kappa shape index (κ2) is 11.2. The quantitative estimate of drug-likeness (QED) is 0.156. The van der Waals surface area contributed by atoms with E-state index in [0.29, 0.717) is 5.65 Å². The molecule has 3 aromatic rings. The zero-order chi connectivity index (χ0) is 28.7. The third kappa shape index (κ3) is 4.64. The number of aromatic amines is 1. The summed E-state index contributed by atoms with van der Waals surface area (Å²) in [6.45, 7) is -0.767. The number of aliphatic imine (C=N–C) groups is 1. The number of aromatic nitrogens is 6. The van der Waals surface area contributed by atoms with Crippen molar-refractivity contribution in [3.63, 3.8) is 0 Å². The number of nitrogens with one attached hydrogen (secondary N) is 1. The zero-order valence-electron chi connectivity index (χ0n) is 21.0. The van der Waals surface area contributed by atoms with E-state index in [4.69, 9.17) is 25.1 Å². The largest absolute Gasteiger partial charge is 0.394 e. The number of nitrogens with zero attached hydrogens (tertiary/aromatic N) is 6. The van der Waals surface area contributed by atoms with Gasteiger partial charge in [-0.05, 0) is 0 Å². The molecule has 0 spiro atoms. The zero-order valence-corrected chi connectivity index (χ0v) is 21.0. The summed E-state index contributed by atoms with van der Waals surface area (Å²) >= 11 is 0. The Balaban J connectivity index is 0.000000161. The SMILES string of the molecule is COC1[C@@H](O)[C@@H](CO)O[C@H]1n1cnc2c(=O)[nH]cnc21.NC1C=Nc2c(ncn2[C@@H]2O[C@H](CO)[C@H](O)C2O)C1=O. The van der Waals surface area contributed by atoms with Gasteiger partial charge in [0.25, 0.3) is 5.56 Å². The number of nitrogens with two attached hydrogens (primary N) is 1. The molecule has 6 rings (SSSR count). The van der Waals surface area contributed by atoms with E-state index in [1.54, 1.807) is 0 Å². The molecule has 0 aromatic carbocycles. The Labute approximate surface area is 224 Å². The van der Waals surface area contributed by atoms with Crippen molar-refractivity contribution in [1.29, 1.82) is 0 Å². The average Bonchev–Trinajstić information content (AvgIpc) is 3.71. The highest BCUT2D eigenvalue weighted by molar-refractivity contribution is 6.13. The standard InChI is InChI=1S/2C11H14N4O5/c1-19-8-7(17)5(2-16)20-11(8)15-4-14-6-9(15)12-3-13-10(6)18;12-4-1-13-10-6(7(4)17)14-3-15(10)11-9(19)8(18)5(2-16)20-11/h3-5,7-8,11,16-17H,2H2,1H3,(H,12,13,18);1,3-5,8-9,11,16,18-19H,2,12H2/t5-,7+,8?,11-;4?,5-,8+,9?,11-/m11/s1. The van der Waals surface area contributed by atoms with Gasteiger partial charge in [0.15, 0.2) is 35.1 Å². The Hall–Kier alpha value is -3.46. The highest BCUT2D eigenvalue weighted by atomic mass is 16.6. The van der Waals surface area contributed by atoms with Gasteiger partial charge in [-0.1, -0.05) is 0 Å². The summed E-state index contributed by atoms with van der Waals surface area (Å²) in [5.41, 5.74) is 5.78. The van der Waals surface area contributed by atoms with Crippen LogP contribution in [0.1, 0.15) is 22.9 Å². The van der Waals surface area contributed by atoms with Crippen LogP contribution in [0.4, 0.5) is 5.82 Å². The van der Waals surface area contributed by atoms with Gasteiger partial charge in [-0.15, -0.1) is 0 Å². The van der Waals surface area contributed by atoms with E-state index < -0.39 is 61.7 Å². The molecule has 0 aliphatic carbocycles. The van der Waals surface area contributed by atoms with Crippen molar-refractivity contribution in [3.05, 3.63) is 35.0 Å². The minimum atomic E-state index is -1.26. The van der Waals surface area contributed by atoms with Crippen LogP contribution in [-0.4, -0.2) is 130 Å². The Kier molecular flexibility index (Phi) is 7.86. The molecule has 0 bridgehead atoms. The maximum Gasteiger partial charge on any atom is 0.278 e. The maximum absolute atomic E-state index is 11.8. The number of ether oxygens (including phenoxy) is 3. The van der Waals surface area contributed by atoms with Crippen LogP contribution in [-0.2, 0) is 14.2 Å². The molecule has 3 aliphatic heterocycles. The van der Waals surface area contributed by atoms with Crippen molar-refractivity contribution >= 4 is 29.0 Å². The maximum atomic E-state index is 11.8. The minimum absolute atomic E-state index is 0.0951. The summed E-state index contributed by atoms with van der Waals surface area (Å²) in [6, 6.07) is -0.837. The monoisotopic (exact) mass is 564 g/mol. The first-order chi connectivity index (χ1) is 19.2. The van der Waals surface area contributed by atoms with Crippen molar-refractivity contribution < 1.29 is 44.5 Å². The number of aliphatic hydroxyl groups excluding tert-OH is 5. The lowest BCUT2D eigenvalue weighted by Crippen LogP contribution is -2.35. The first kappa shape index (κ1) is 28.1. The Morgan fingerprint density at radius 2 is 1.65 bits per heavy atom. The average molecular weight is 565 g/mol. The summed E-state index contributed by atoms with van der Waals surface area (Å²) in [7, 11) is 1.43. The van der Waals surface area contributed by atoms with Crippen molar-refractivity contribution in [2.24, 2.45) is 10.7 Å². The molecule has 2 fully saturated rings. The molecular weight excluding hydrogens is 536 g/mol. The lowest BCUT2D eigenvalue weighted by atomic mass is 10.1. The van der Waals surface area contributed by atoms with E-state index in [1.165, 1.54) is 41.4 Å². The number of ketones is 1. The molecule has 6 heterocycles. The second-order valence-corrected chi connectivity index (χ2v) is 9.22. The van der Waals surface area contributed by atoms with Gasteiger partial charge in [-0.3, -0.25) is 18.7 Å². The van der Waals surface area contributed by atoms with Crippen LogP contribution in [0.3, 0.4) is 0 Å². The Morgan fingerprint density at radius 3 is 2.33 bits per heavy atom. The van der Waals surface area contributed by atoms with Crippen molar-refractivity contribution in [2.45, 2.75) is 55.1 Å². The summed E-state index contributed by atoms with van der Waals surface area (Å²) in [5, 5.41) is 47.9. The molecule has 3 aliphatic rings.